The van der Waals surface area contributed by atoms with Gasteiger partial charge in [0.25, 0.3) is 0 Å². The molecule has 0 bridgehead atoms. The van der Waals surface area contributed by atoms with Gasteiger partial charge in [-0.05, 0) is 24.1 Å². The van der Waals surface area contributed by atoms with E-state index in [1.165, 1.54) is 0 Å². The highest BCUT2D eigenvalue weighted by Crippen LogP contribution is 2.26. The summed E-state index contributed by atoms with van der Waals surface area (Å²) in [6.45, 7) is 2.03. The van der Waals surface area contributed by atoms with E-state index in [1.54, 1.807) is 6.07 Å². The van der Waals surface area contributed by atoms with Crippen LogP contribution in [0.4, 0.5) is 5.69 Å². The fourth-order valence-corrected chi connectivity index (χ4v) is 1.66. The first-order valence-electron chi connectivity index (χ1n) is 4.59. The van der Waals surface area contributed by atoms with Gasteiger partial charge in [-0.25, -0.2) is 4.98 Å². The van der Waals surface area contributed by atoms with Crippen LogP contribution in [0.1, 0.15) is 12.5 Å². The van der Waals surface area contributed by atoms with E-state index >= 15 is 0 Å². The molecule has 1 aromatic heterocycles. The van der Waals surface area contributed by atoms with Crippen molar-refractivity contribution in [3.63, 3.8) is 0 Å². The van der Waals surface area contributed by atoms with Crippen LogP contribution in [0.2, 0.25) is 0 Å². The van der Waals surface area contributed by atoms with Crippen LogP contribution in [0.25, 0.3) is 10.9 Å². The van der Waals surface area contributed by atoms with E-state index < -0.39 is 0 Å². The minimum absolute atomic E-state index is 0.0555. The van der Waals surface area contributed by atoms with Crippen molar-refractivity contribution in [3.05, 3.63) is 29.8 Å². The highest BCUT2D eigenvalue weighted by Gasteiger charge is 2.05. The molecule has 0 saturated heterocycles. The molecular formula is C11H12N2O. The number of nitrogens with zero attached hydrogens (tertiary/aromatic N) is 1. The van der Waals surface area contributed by atoms with E-state index in [0.29, 0.717) is 5.69 Å². The van der Waals surface area contributed by atoms with Crippen molar-refractivity contribution < 1.29 is 5.11 Å². The van der Waals surface area contributed by atoms with Crippen molar-refractivity contribution in [1.29, 1.82) is 0 Å². The van der Waals surface area contributed by atoms with Gasteiger partial charge in [0, 0.05) is 17.1 Å². The molecule has 0 radical (unpaired) electrons. The Morgan fingerprint density at radius 1 is 1.43 bits per heavy atom. The number of aromatic nitrogens is 1. The number of anilines is 1. The zero-order chi connectivity index (χ0) is 10.1. The van der Waals surface area contributed by atoms with Gasteiger partial charge < -0.3 is 10.8 Å². The van der Waals surface area contributed by atoms with Crippen molar-refractivity contribution in [2.45, 2.75) is 13.3 Å². The van der Waals surface area contributed by atoms with E-state index in [4.69, 9.17) is 5.73 Å². The van der Waals surface area contributed by atoms with Gasteiger partial charge in [0.05, 0.1) is 5.52 Å². The van der Waals surface area contributed by atoms with Crippen molar-refractivity contribution in [1.82, 2.24) is 4.98 Å². The minimum Gasteiger partial charge on any atom is -0.493 e. The third-order valence-electron chi connectivity index (χ3n) is 2.32. The summed E-state index contributed by atoms with van der Waals surface area (Å²) in [6, 6.07) is 7.20. The second kappa shape index (κ2) is 3.18. The molecule has 0 aliphatic carbocycles. The highest BCUT2D eigenvalue weighted by molar-refractivity contribution is 5.93. The number of aromatic hydroxyl groups is 1. The van der Waals surface area contributed by atoms with E-state index in [2.05, 4.69) is 4.98 Å². The van der Waals surface area contributed by atoms with Crippen LogP contribution in [0.5, 0.6) is 5.88 Å². The molecule has 3 N–H and O–H groups in total. The van der Waals surface area contributed by atoms with Crippen molar-refractivity contribution in [2.75, 3.05) is 5.73 Å². The van der Waals surface area contributed by atoms with E-state index in [-0.39, 0.29) is 5.88 Å². The Bertz CT molecular complexity index is 480. The smallest absolute Gasteiger partial charge is 0.211 e. The lowest BCUT2D eigenvalue weighted by Crippen LogP contribution is -1.93. The second-order valence-corrected chi connectivity index (χ2v) is 3.23. The molecule has 2 rings (SSSR count). The van der Waals surface area contributed by atoms with Crippen molar-refractivity contribution in [3.8, 4) is 5.88 Å². The predicted octanol–water partition coefficient (Wildman–Crippen LogP) is 2.08. The molecule has 14 heavy (non-hydrogen) atoms. The maximum Gasteiger partial charge on any atom is 0.211 e. The number of hydrogen-bond donors (Lipinski definition) is 2. The molecule has 3 heteroatoms. The number of pyridine rings is 1. The number of aryl methyl sites for hydroxylation is 1. The molecule has 0 unspecified atom stereocenters. The van der Waals surface area contributed by atoms with Gasteiger partial charge in [0.15, 0.2) is 0 Å². The molecule has 0 saturated carbocycles. The van der Waals surface area contributed by atoms with Gasteiger partial charge >= 0.3 is 0 Å². The zero-order valence-corrected chi connectivity index (χ0v) is 7.99. The van der Waals surface area contributed by atoms with Crippen LogP contribution in [0.15, 0.2) is 24.3 Å². The highest BCUT2D eigenvalue weighted by atomic mass is 16.3. The summed E-state index contributed by atoms with van der Waals surface area (Å²) in [4.78, 5) is 4.02. The molecule has 0 aliphatic heterocycles. The number of benzene rings is 1. The zero-order valence-electron chi connectivity index (χ0n) is 7.99. The number of rotatable bonds is 1. The molecule has 1 aromatic carbocycles. The Morgan fingerprint density at radius 3 is 2.93 bits per heavy atom. The maximum absolute atomic E-state index is 9.38. The largest absolute Gasteiger partial charge is 0.493 e. The number of nitrogen functional groups attached to an aromatic ring is 1. The number of fused-ring (bicyclic) bond motifs is 1. The van der Waals surface area contributed by atoms with Gasteiger partial charge in [-0.15, -0.1) is 0 Å². The first-order chi connectivity index (χ1) is 6.72. The summed E-state index contributed by atoms with van der Waals surface area (Å²) in [5.41, 5.74) is 8.36. The second-order valence-electron chi connectivity index (χ2n) is 3.23. The van der Waals surface area contributed by atoms with Crippen LogP contribution >= 0.6 is 0 Å². The SMILES string of the molecule is CCc1cc(O)nc2cccc(N)c12. The first kappa shape index (κ1) is 8.81. The van der Waals surface area contributed by atoms with Gasteiger partial charge in [-0.2, -0.15) is 0 Å². The summed E-state index contributed by atoms with van der Waals surface area (Å²) in [5.74, 6) is 0.0555. The van der Waals surface area contributed by atoms with Crippen molar-refractivity contribution >= 4 is 16.6 Å². The standard InChI is InChI=1S/C11H12N2O/c1-2-7-6-10(14)13-9-5-3-4-8(12)11(7)9/h3-6H,2,12H2,1H3,(H,13,14). The summed E-state index contributed by atoms with van der Waals surface area (Å²) in [5, 5.41) is 10.3. The van der Waals surface area contributed by atoms with E-state index in [0.717, 1.165) is 22.9 Å². The fourth-order valence-electron chi connectivity index (χ4n) is 1.66. The average molecular weight is 188 g/mol. The van der Waals surface area contributed by atoms with Gasteiger partial charge in [0.2, 0.25) is 5.88 Å². The molecular weight excluding hydrogens is 176 g/mol. The Kier molecular flexibility index (Phi) is 2.00. The fraction of sp³-hybridized carbons (Fsp3) is 0.182. The Labute approximate surface area is 82.2 Å². The number of hydrogen-bond acceptors (Lipinski definition) is 3. The average Bonchev–Trinajstić information content (AvgIpc) is 2.16. The summed E-state index contributed by atoms with van der Waals surface area (Å²) < 4.78 is 0. The van der Waals surface area contributed by atoms with Crippen LogP contribution in [0, 0.1) is 0 Å². The molecule has 72 valence electrons. The lowest BCUT2D eigenvalue weighted by molar-refractivity contribution is 0.455. The third-order valence-corrected chi connectivity index (χ3v) is 2.32. The van der Waals surface area contributed by atoms with Gasteiger partial charge in [0.1, 0.15) is 0 Å². The van der Waals surface area contributed by atoms with Crippen LogP contribution in [-0.4, -0.2) is 10.1 Å². The molecule has 0 aliphatic rings. The first-order valence-corrected chi connectivity index (χ1v) is 4.59. The van der Waals surface area contributed by atoms with Crippen LogP contribution < -0.4 is 5.73 Å². The molecule has 2 aromatic rings. The monoisotopic (exact) mass is 188 g/mol. The lowest BCUT2D eigenvalue weighted by atomic mass is 10.1. The topological polar surface area (TPSA) is 59.1 Å². The molecule has 1 heterocycles. The van der Waals surface area contributed by atoms with Crippen LogP contribution in [0.3, 0.4) is 0 Å². The third kappa shape index (κ3) is 1.27. The van der Waals surface area contributed by atoms with E-state index in [9.17, 15) is 5.11 Å². The summed E-state index contributed by atoms with van der Waals surface area (Å²) in [7, 11) is 0. The molecule has 0 spiro atoms. The Balaban J connectivity index is 2.88. The number of nitrogens with two attached hydrogens (primary N) is 1. The molecule has 0 atom stereocenters. The van der Waals surface area contributed by atoms with E-state index in [1.807, 2.05) is 25.1 Å². The normalized spacial score (nSPS) is 10.6. The summed E-state index contributed by atoms with van der Waals surface area (Å²) >= 11 is 0. The quantitative estimate of drug-likeness (QED) is 0.673. The van der Waals surface area contributed by atoms with Crippen LogP contribution in [-0.2, 0) is 6.42 Å². The van der Waals surface area contributed by atoms with Gasteiger partial charge in [-0.3, -0.25) is 0 Å². The Morgan fingerprint density at radius 2 is 2.21 bits per heavy atom. The Hall–Kier alpha value is -1.77. The lowest BCUT2D eigenvalue weighted by Gasteiger charge is -2.06. The van der Waals surface area contributed by atoms with Crippen molar-refractivity contribution in [2.24, 2.45) is 0 Å². The molecule has 0 fully saturated rings. The molecule has 0 amide bonds. The maximum atomic E-state index is 9.38. The molecule has 3 nitrogen and oxygen atoms in total. The predicted molar refractivity (Wildman–Crippen MR) is 57.2 cm³/mol. The minimum atomic E-state index is 0.0555. The summed E-state index contributed by atoms with van der Waals surface area (Å²) in [6.07, 6.45) is 0.834. The van der Waals surface area contributed by atoms with Gasteiger partial charge in [-0.1, -0.05) is 13.0 Å².